The van der Waals surface area contributed by atoms with Crippen LogP contribution in [0.5, 0.6) is 0 Å². The Bertz CT molecular complexity index is 199. The van der Waals surface area contributed by atoms with Crippen LogP contribution in [0.25, 0.3) is 0 Å². The van der Waals surface area contributed by atoms with Gasteiger partial charge < -0.3 is 5.73 Å². The Labute approximate surface area is 94.8 Å². The SMILES string of the molecule is CCC(CC)(CN)CC1CC2CCC1C2. The highest BCUT2D eigenvalue weighted by Crippen LogP contribution is 2.52. The Morgan fingerprint density at radius 1 is 1.13 bits per heavy atom. The second kappa shape index (κ2) is 4.45. The molecule has 1 heteroatoms. The number of hydrogen-bond acceptors (Lipinski definition) is 1. The van der Waals surface area contributed by atoms with Crippen molar-refractivity contribution in [2.24, 2.45) is 28.9 Å². The van der Waals surface area contributed by atoms with Crippen LogP contribution in [0.1, 0.15) is 58.8 Å². The first kappa shape index (κ1) is 11.4. The first-order chi connectivity index (χ1) is 7.23. The van der Waals surface area contributed by atoms with E-state index in [1.54, 1.807) is 6.42 Å². The minimum atomic E-state index is 0.467. The van der Waals surface area contributed by atoms with Crippen LogP contribution >= 0.6 is 0 Å². The zero-order valence-corrected chi connectivity index (χ0v) is 10.5. The molecule has 0 amide bonds. The van der Waals surface area contributed by atoms with E-state index in [2.05, 4.69) is 13.8 Å². The molecule has 1 nitrogen and oxygen atoms in total. The Balaban J connectivity index is 1.95. The van der Waals surface area contributed by atoms with Crippen molar-refractivity contribution in [3.8, 4) is 0 Å². The number of fused-ring (bicyclic) bond motifs is 2. The maximum Gasteiger partial charge on any atom is -0.00206 e. The molecular formula is C14H27N. The van der Waals surface area contributed by atoms with E-state index < -0.39 is 0 Å². The summed E-state index contributed by atoms with van der Waals surface area (Å²) in [6.07, 6.45) is 10.1. The average Bonchev–Trinajstić information content (AvgIpc) is 2.88. The second-order valence-electron chi connectivity index (χ2n) is 6.05. The van der Waals surface area contributed by atoms with E-state index in [-0.39, 0.29) is 0 Å². The van der Waals surface area contributed by atoms with Gasteiger partial charge in [-0.1, -0.05) is 20.3 Å². The largest absolute Gasteiger partial charge is 0.330 e. The van der Waals surface area contributed by atoms with E-state index in [0.29, 0.717) is 5.41 Å². The van der Waals surface area contributed by atoms with Crippen molar-refractivity contribution in [3.63, 3.8) is 0 Å². The van der Waals surface area contributed by atoms with Gasteiger partial charge in [0.1, 0.15) is 0 Å². The van der Waals surface area contributed by atoms with Crippen LogP contribution < -0.4 is 5.73 Å². The number of nitrogens with two attached hydrogens (primary N) is 1. The molecule has 0 aromatic rings. The molecule has 15 heavy (non-hydrogen) atoms. The molecule has 2 aliphatic rings. The quantitative estimate of drug-likeness (QED) is 0.736. The van der Waals surface area contributed by atoms with Gasteiger partial charge in [-0.3, -0.25) is 0 Å². The summed E-state index contributed by atoms with van der Waals surface area (Å²) in [4.78, 5) is 0. The summed E-state index contributed by atoms with van der Waals surface area (Å²) in [5, 5.41) is 0. The third-order valence-corrected chi connectivity index (χ3v) is 5.51. The molecule has 0 aromatic heterocycles. The lowest BCUT2D eigenvalue weighted by molar-refractivity contribution is 0.165. The molecule has 2 rings (SSSR count). The topological polar surface area (TPSA) is 26.0 Å². The Morgan fingerprint density at radius 3 is 2.27 bits per heavy atom. The van der Waals surface area contributed by atoms with Crippen molar-refractivity contribution in [2.75, 3.05) is 6.54 Å². The monoisotopic (exact) mass is 209 g/mol. The van der Waals surface area contributed by atoms with Gasteiger partial charge in [0.2, 0.25) is 0 Å². The Kier molecular flexibility index (Phi) is 3.39. The van der Waals surface area contributed by atoms with Crippen molar-refractivity contribution >= 4 is 0 Å². The highest BCUT2D eigenvalue weighted by atomic mass is 14.6. The van der Waals surface area contributed by atoms with Gasteiger partial charge in [-0.15, -0.1) is 0 Å². The van der Waals surface area contributed by atoms with Crippen molar-refractivity contribution < 1.29 is 0 Å². The van der Waals surface area contributed by atoms with Crippen LogP contribution in [0.2, 0.25) is 0 Å². The molecule has 0 spiro atoms. The second-order valence-corrected chi connectivity index (χ2v) is 6.05. The van der Waals surface area contributed by atoms with Gasteiger partial charge in [0.15, 0.2) is 0 Å². The third-order valence-electron chi connectivity index (χ3n) is 5.51. The van der Waals surface area contributed by atoms with Crippen molar-refractivity contribution in [3.05, 3.63) is 0 Å². The van der Waals surface area contributed by atoms with Gasteiger partial charge in [0.25, 0.3) is 0 Å². The van der Waals surface area contributed by atoms with E-state index in [1.165, 1.54) is 38.5 Å². The maximum absolute atomic E-state index is 6.01. The smallest absolute Gasteiger partial charge is 0.00206 e. The highest BCUT2D eigenvalue weighted by Gasteiger charge is 2.42. The zero-order valence-electron chi connectivity index (χ0n) is 10.5. The Hall–Kier alpha value is -0.0400. The molecule has 2 bridgehead atoms. The molecule has 0 aliphatic heterocycles. The molecule has 88 valence electrons. The summed E-state index contributed by atoms with van der Waals surface area (Å²) in [7, 11) is 0. The number of hydrogen-bond donors (Lipinski definition) is 1. The van der Waals surface area contributed by atoms with Crippen LogP contribution in [0, 0.1) is 23.2 Å². The van der Waals surface area contributed by atoms with Crippen molar-refractivity contribution in [1.29, 1.82) is 0 Å². The van der Waals surface area contributed by atoms with Crippen molar-refractivity contribution in [2.45, 2.75) is 58.8 Å². The fourth-order valence-electron chi connectivity index (χ4n) is 4.09. The predicted molar refractivity (Wildman–Crippen MR) is 65.6 cm³/mol. The van der Waals surface area contributed by atoms with Crippen LogP contribution in [0.4, 0.5) is 0 Å². The molecule has 2 saturated carbocycles. The molecule has 3 unspecified atom stereocenters. The molecular weight excluding hydrogens is 182 g/mol. The lowest BCUT2D eigenvalue weighted by atomic mass is 9.71. The fourth-order valence-corrected chi connectivity index (χ4v) is 4.09. The molecule has 3 atom stereocenters. The minimum absolute atomic E-state index is 0.467. The minimum Gasteiger partial charge on any atom is -0.330 e. The van der Waals surface area contributed by atoms with Gasteiger partial charge in [0.05, 0.1) is 0 Å². The van der Waals surface area contributed by atoms with Gasteiger partial charge in [0, 0.05) is 0 Å². The van der Waals surface area contributed by atoms with E-state index in [0.717, 1.165) is 24.3 Å². The molecule has 2 fully saturated rings. The first-order valence-electron chi connectivity index (χ1n) is 6.93. The van der Waals surface area contributed by atoms with Crippen LogP contribution in [0.3, 0.4) is 0 Å². The predicted octanol–water partition coefficient (Wildman–Crippen LogP) is 3.58. The molecule has 0 heterocycles. The van der Waals surface area contributed by atoms with E-state index in [9.17, 15) is 0 Å². The first-order valence-corrected chi connectivity index (χ1v) is 6.93. The van der Waals surface area contributed by atoms with Gasteiger partial charge in [-0.05, 0) is 68.2 Å². The fraction of sp³-hybridized carbons (Fsp3) is 1.00. The van der Waals surface area contributed by atoms with E-state index in [1.807, 2.05) is 0 Å². The van der Waals surface area contributed by atoms with E-state index in [4.69, 9.17) is 5.73 Å². The van der Waals surface area contributed by atoms with E-state index >= 15 is 0 Å². The van der Waals surface area contributed by atoms with Gasteiger partial charge >= 0.3 is 0 Å². The van der Waals surface area contributed by atoms with Gasteiger partial charge in [-0.2, -0.15) is 0 Å². The average molecular weight is 209 g/mol. The molecule has 0 saturated heterocycles. The van der Waals surface area contributed by atoms with Gasteiger partial charge in [-0.25, -0.2) is 0 Å². The molecule has 0 radical (unpaired) electrons. The van der Waals surface area contributed by atoms with Crippen molar-refractivity contribution in [1.82, 2.24) is 0 Å². The summed E-state index contributed by atoms with van der Waals surface area (Å²) in [6.45, 7) is 5.54. The number of rotatable bonds is 5. The van der Waals surface area contributed by atoms with Crippen LogP contribution in [-0.2, 0) is 0 Å². The molecule has 0 aromatic carbocycles. The summed E-state index contributed by atoms with van der Waals surface area (Å²) in [5.74, 6) is 3.18. The lowest BCUT2D eigenvalue weighted by Gasteiger charge is -2.36. The third kappa shape index (κ3) is 2.08. The standard InChI is InChI=1S/C14H27N/c1-3-14(4-2,10-15)9-13-8-11-5-6-12(13)7-11/h11-13H,3-10,15H2,1-2H3. The zero-order chi connectivity index (χ0) is 10.9. The summed E-state index contributed by atoms with van der Waals surface area (Å²) in [5.41, 5.74) is 6.47. The molecule has 2 N–H and O–H groups in total. The lowest BCUT2D eigenvalue weighted by Crippen LogP contribution is -2.33. The summed E-state index contributed by atoms with van der Waals surface area (Å²) >= 11 is 0. The summed E-state index contributed by atoms with van der Waals surface area (Å²) in [6, 6.07) is 0. The normalized spacial score (nSPS) is 35.0. The highest BCUT2D eigenvalue weighted by molar-refractivity contribution is 4.93. The summed E-state index contributed by atoms with van der Waals surface area (Å²) < 4.78 is 0. The van der Waals surface area contributed by atoms with Crippen LogP contribution in [0.15, 0.2) is 0 Å². The van der Waals surface area contributed by atoms with Crippen LogP contribution in [-0.4, -0.2) is 6.54 Å². The molecule has 2 aliphatic carbocycles. The maximum atomic E-state index is 6.01. The Morgan fingerprint density at radius 2 is 1.87 bits per heavy atom.